The molecule has 35 heavy (non-hydrogen) atoms. The van der Waals surface area contributed by atoms with Crippen molar-refractivity contribution in [3.8, 4) is 0 Å². The molecule has 0 N–H and O–H groups in total. The summed E-state index contributed by atoms with van der Waals surface area (Å²) in [5, 5.41) is 1.79. The van der Waals surface area contributed by atoms with E-state index in [4.69, 9.17) is 34.8 Å². The van der Waals surface area contributed by atoms with Crippen LogP contribution in [0.5, 0.6) is 0 Å². The van der Waals surface area contributed by atoms with Gasteiger partial charge >= 0.3 is 0 Å². The van der Waals surface area contributed by atoms with Gasteiger partial charge in [0.2, 0.25) is 0 Å². The molecule has 1 fully saturated rings. The second-order valence-corrected chi connectivity index (χ2v) is 10.4. The molecule has 196 valence electrons. The van der Waals surface area contributed by atoms with Crippen molar-refractivity contribution in [2.24, 2.45) is 5.92 Å². The maximum atomic E-state index is 5.75. The largest absolute Gasteiger partial charge is 0.321 e. The third-order valence-electron chi connectivity index (χ3n) is 6.69. The van der Waals surface area contributed by atoms with Crippen LogP contribution in [0.15, 0.2) is 59.6 Å². The average molecular weight is 539 g/mol. The summed E-state index contributed by atoms with van der Waals surface area (Å²) in [5.41, 5.74) is 6.63. The molecule has 0 bridgehead atoms. The van der Waals surface area contributed by atoms with Crippen LogP contribution in [0.1, 0.15) is 104 Å². The zero-order valence-electron chi connectivity index (χ0n) is 22.8. The minimum absolute atomic E-state index is 0.570. The summed E-state index contributed by atoms with van der Waals surface area (Å²) in [7, 11) is 0. The molecule has 3 rings (SSSR count). The highest BCUT2D eigenvalue weighted by molar-refractivity contribution is 6.39. The van der Waals surface area contributed by atoms with Crippen LogP contribution in [-0.2, 0) is 0 Å². The smallest absolute Gasteiger partial charge is 0.0473 e. The molecule has 0 atom stereocenters. The van der Waals surface area contributed by atoms with Crippen molar-refractivity contribution < 1.29 is 0 Å². The number of benzene rings is 1. The van der Waals surface area contributed by atoms with E-state index < -0.39 is 0 Å². The van der Waals surface area contributed by atoms with Gasteiger partial charge in [-0.3, -0.25) is 0 Å². The highest BCUT2D eigenvalue weighted by atomic mass is 35.5. The van der Waals surface area contributed by atoms with Crippen LogP contribution in [0.2, 0.25) is 15.1 Å². The first kappa shape index (κ1) is 31.9. The van der Waals surface area contributed by atoms with Gasteiger partial charge in [-0.25, -0.2) is 0 Å². The van der Waals surface area contributed by atoms with E-state index in [0.717, 1.165) is 12.0 Å². The Morgan fingerprint density at radius 2 is 1.57 bits per heavy atom. The van der Waals surface area contributed by atoms with Crippen LogP contribution in [0, 0.1) is 12.8 Å². The van der Waals surface area contributed by atoms with Crippen LogP contribution < -0.4 is 0 Å². The number of nitrogens with zero attached hydrogens (tertiary/aromatic N) is 1. The first-order valence-electron chi connectivity index (χ1n) is 13.5. The van der Waals surface area contributed by atoms with Crippen LogP contribution >= 0.6 is 34.8 Å². The minimum Gasteiger partial charge on any atom is -0.321 e. The van der Waals surface area contributed by atoms with E-state index in [2.05, 4.69) is 50.6 Å². The van der Waals surface area contributed by atoms with Gasteiger partial charge in [-0.2, -0.15) is 0 Å². The zero-order chi connectivity index (χ0) is 26.4. The highest BCUT2D eigenvalue weighted by Crippen LogP contribution is 2.37. The molecule has 2 aliphatic rings. The molecular weight excluding hydrogens is 493 g/mol. The van der Waals surface area contributed by atoms with E-state index in [9.17, 15) is 0 Å². The number of unbranched alkanes of at least 4 members (excludes halogenated alkanes) is 1. The second kappa shape index (κ2) is 17.3. The molecule has 4 heteroatoms. The van der Waals surface area contributed by atoms with Crippen LogP contribution in [-0.4, -0.2) is 4.90 Å². The van der Waals surface area contributed by atoms with Gasteiger partial charge in [0, 0.05) is 32.7 Å². The third-order valence-corrected chi connectivity index (χ3v) is 7.70. The summed E-state index contributed by atoms with van der Waals surface area (Å²) in [6.45, 7) is 17.2. The minimum atomic E-state index is 0.570. The number of hydrogen-bond donors (Lipinski definition) is 0. The summed E-state index contributed by atoms with van der Waals surface area (Å²) in [5.74, 6) is 0.660. The van der Waals surface area contributed by atoms with Crippen molar-refractivity contribution in [1.82, 2.24) is 4.90 Å². The van der Waals surface area contributed by atoms with Crippen LogP contribution in [0.25, 0.3) is 0 Å². The molecule has 0 saturated heterocycles. The van der Waals surface area contributed by atoms with E-state index in [0.29, 0.717) is 21.0 Å². The predicted molar refractivity (Wildman–Crippen MR) is 159 cm³/mol. The fourth-order valence-electron chi connectivity index (χ4n) is 4.43. The molecule has 1 aliphatic heterocycles. The number of hydrogen-bond acceptors (Lipinski definition) is 1. The molecular formula is C31H46Cl3N. The summed E-state index contributed by atoms with van der Waals surface area (Å²) in [4.78, 5) is 2.43. The van der Waals surface area contributed by atoms with Gasteiger partial charge in [0.05, 0.1) is 0 Å². The Bertz CT molecular complexity index is 863. The Morgan fingerprint density at radius 1 is 1.00 bits per heavy atom. The van der Waals surface area contributed by atoms with E-state index in [-0.39, 0.29) is 0 Å². The lowest BCUT2D eigenvalue weighted by Crippen LogP contribution is -2.25. The monoisotopic (exact) mass is 537 g/mol. The number of allylic oxidation sites excluding steroid dienone is 5. The second-order valence-electron chi connectivity index (χ2n) is 9.16. The molecule has 0 spiro atoms. The molecule has 0 aromatic heterocycles. The summed E-state index contributed by atoms with van der Waals surface area (Å²) < 4.78 is 0. The maximum Gasteiger partial charge on any atom is 0.0473 e. The zero-order valence-corrected chi connectivity index (χ0v) is 25.1. The summed E-state index contributed by atoms with van der Waals surface area (Å²) >= 11 is 17.2. The van der Waals surface area contributed by atoms with Gasteiger partial charge < -0.3 is 4.90 Å². The van der Waals surface area contributed by atoms with Crippen molar-refractivity contribution in [3.63, 3.8) is 0 Å². The lowest BCUT2D eigenvalue weighted by atomic mass is 9.92. The molecule has 0 amide bonds. The first-order chi connectivity index (χ1) is 16.8. The topological polar surface area (TPSA) is 3.24 Å². The molecule has 1 heterocycles. The number of halogens is 3. The molecule has 0 unspecified atom stereocenters. The van der Waals surface area contributed by atoms with Gasteiger partial charge in [0.1, 0.15) is 0 Å². The fraction of sp³-hybridized carbons (Fsp3) is 0.548. The van der Waals surface area contributed by atoms with Gasteiger partial charge in [0.25, 0.3) is 0 Å². The van der Waals surface area contributed by atoms with Crippen LogP contribution in [0.4, 0.5) is 0 Å². The van der Waals surface area contributed by atoms with Gasteiger partial charge in [0.15, 0.2) is 0 Å². The molecule has 1 aromatic rings. The standard InChI is InChI=1S/C22H35N.C7H5Cl3.C2H6/c1-5-7-13-21-16-12-17-23(22(21)18(3)6-2)19(4)20-14-10-8-9-11-15-20;1-4-6(9)2-5(8)3-7(4)10;1-2/h12,16-17,20H,4-11,13-15H2,1-3H3;2-3H,1H3;1-2H3/b22-18+;;. The summed E-state index contributed by atoms with van der Waals surface area (Å²) in [6, 6.07) is 3.34. The SMILES string of the molecule is C=C(C1CCCCCC1)N1C=CC=C(CCCC)/C1=C(/C)CC.CC.Cc1c(Cl)cc(Cl)cc1Cl. The Hall–Kier alpha value is -1.15. The Kier molecular flexibility index (Phi) is 15.8. The lowest BCUT2D eigenvalue weighted by Gasteiger charge is -2.35. The molecule has 1 nitrogen and oxygen atoms in total. The highest BCUT2D eigenvalue weighted by Gasteiger charge is 2.24. The third kappa shape index (κ3) is 10.0. The summed E-state index contributed by atoms with van der Waals surface area (Å²) in [6.07, 6.45) is 19.8. The van der Waals surface area contributed by atoms with E-state index in [1.165, 1.54) is 80.3 Å². The van der Waals surface area contributed by atoms with Crippen molar-refractivity contribution in [2.45, 2.75) is 106 Å². The Morgan fingerprint density at radius 3 is 2.09 bits per heavy atom. The van der Waals surface area contributed by atoms with Crippen molar-refractivity contribution >= 4 is 34.8 Å². The Labute approximate surface area is 230 Å². The van der Waals surface area contributed by atoms with E-state index in [1.54, 1.807) is 12.1 Å². The average Bonchev–Trinajstić information content (AvgIpc) is 3.16. The van der Waals surface area contributed by atoms with Gasteiger partial charge in [-0.05, 0) is 86.8 Å². The fourth-order valence-corrected chi connectivity index (χ4v) is 5.25. The molecule has 0 radical (unpaired) electrons. The molecule has 1 aromatic carbocycles. The first-order valence-corrected chi connectivity index (χ1v) is 14.6. The van der Waals surface area contributed by atoms with E-state index >= 15 is 0 Å². The van der Waals surface area contributed by atoms with Crippen molar-refractivity contribution in [2.75, 3.05) is 0 Å². The quantitative estimate of drug-likeness (QED) is 0.325. The molecule has 1 saturated carbocycles. The maximum absolute atomic E-state index is 5.75. The lowest BCUT2D eigenvalue weighted by molar-refractivity contribution is 0.415. The van der Waals surface area contributed by atoms with Gasteiger partial charge in [-0.1, -0.05) is 107 Å². The van der Waals surface area contributed by atoms with E-state index in [1.807, 2.05) is 20.8 Å². The Balaban J connectivity index is 0.000000425. The predicted octanol–water partition coefficient (Wildman–Crippen LogP) is 12.1. The van der Waals surface area contributed by atoms with Crippen molar-refractivity contribution in [1.29, 1.82) is 0 Å². The number of rotatable bonds is 6. The molecule has 1 aliphatic carbocycles. The van der Waals surface area contributed by atoms with Crippen LogP contribution in [0.3, 0.4) is 0 Å². The van der Waals surface area contributed by atoms with Gasteiger partial charge in [-0.15, -0.1) is 0 Å². The normalized spacial score (nSPS) is 17.4. The van der Waals surface area contributed by atoms with Crippen molar-refractivity contribution in [3.05, 3.63) is 80.2 Å².